The smallest absolute Gasteiger partial charge is 0.450 e. The molecule has 0 saturated heterocycles. The van der Waals surface area contributed by atoms with E-state index in [1.54, 1.807) is 6.07 Å². The van der Waals surface area contributed by atoms with E-state index in [9.17, 15) is 22.8 Å². The van der Waals surface area contributed by atoms with E-state index in [4.69, 9.17) is 4.42 Å². The molecule has 0 aliphatic carbocycles. The molecular weight excluding hydrogens is 225 g/mol. The van der Waals surface area contributed by atoms with Gasteiger partial charge >= 0.3 is 6.18 Å². The van der Waals surface area contributed by atoms with Crippen LogP contribution in [0.15, 0.2) is 28.9 Å². The van der Waals surface area contributed by atoms with E-state index in [1.807, 2.05) is 0 Å². The fraction of sp³-hybridized carbons (Fsp3) is 0.200. The summed E-state index contributed by atoms with van der Waals surface area (Å²) in [5.41, 5.74) is 0. The molecular formula is C10H7F3O3. The van der Waals surface area contributed by atoms with Gasteiger partial charge in [0, 0.05) is 0 Å². The summed E-state index contributed by atoms with van der Waals surface area (Å²) < 4.78 is 40.1. The molecule has 0 fully saturated rings. The predicted molar refractivity (Wildman–Crippen MR) is 48.4 cm³/mol. The highest BCUT2D eigenvalue weighted by atomic mass is 19.4. The van der Waals surface area contributed by atoms with Crippen LogP contribution < -0.4 is 0 Å². The Morgan fingerprint density at radius 2 is 2.06 bits per heavy atom. The zero-order chi connectivity index (χ0) is 12.2. The highest BCUT2D eigenvalue weighted by Gasteiger charge is 2.38. The van der Waals surface area contributed by atoms with Crippen LogP contribution in [-0.4, -0.2) is 17.7 Å². The van der Waals surface area contributed by atoms with E-state index in [2.05, 4.69) is 0 Å². The fourth-order valence-corrected chi connectivity index (χ4v) is 0.879. The van der Waals surface area contributed by atoms with Crippen molar-refractivity contribution in [2.45, 2.75) is 12.6 Å². The third-order valence-electron chi connectivity index (χ3n) is 1.63. The molecule has 0 spiro atoms. The Kier molecular flexibility index (Phi) is 3.65. The zero-order valence-corrected chi connectivity index (χ0v) is 7.95. The minimum Gasteiger partial charge on any atom is -0.465 e. The van der Waals surface area contributed by atoms with Crippen LogP contribution in [0.25, 0.3) is 6.08 Å². The second-order valence-corrected chi connectivity index (χ2v) is 2.91. The van der Waals surface area contributed by atoms with Crippen molar-refractivity contribution >= 4 is 17.6 Å². The standard InChI is InChI=1S/C10H7F3O3/c11-10(12,13)9(15)6-7(14)3-4-8-2-1-5-16-8/h1-5H,6H2. The largest absolute Gasteiger partial charge is 0.465 e. The quantitative estimate of drug-likeness (QED) is 0.591. The van der Waals surface area contributed by atoms with E-state index in [0.717, 1.165) is 6.08 Å². The van der Waals surface area contributed by atoms with Crippen LogP contribution in [-0.2, 0) is 9.59 Å². The molecule has 86 valence electrons. The summed E-state index contributed by atoms with van der Waals surface area (Å²) in [6.07, 6.45) is -2.71. The monoisotopic (exact) mass is 232 g/mol. The Hall–Kier alpha value is -1.85. The van der Waals surface area contributed by atoms with Crippen LogP contribution in [0.2, 0.25) is 0 Å². The molecule has 0 aromatic carbocycles. The third-order valence-corrected chi connectivity index (χ3v) is 1.63. The van der Waals surface area contributed by atoms with Crippen molar-refractivity contribution < 1.29 is 27.2 Å². The molecule has 1 aromatic rings. The number of carbonyl (C=O) groups is 2. The minimum absolute atomic E-state index is 0.327. The van der Waals surface area contributed by atoms with Crippen LogP contribution in [0.1, 0.15) is 12.2 Å². The van der Waals surface area contributed by atoms with E-state index >= 15 is 0 Å². The summed E-state index contributed by atoms with van der Waals surface area (Å²) in [7, 11) is 0. The van der Waals surface area contributed by atoms with Crippen molar-refractivity contribution in [3.63, 3.8) is 0 Å². The van der Waals surface area contributed by atoms with Crippen LogP contribution >= 0.6 is 0 Å². The number of alkyl halides is 3. The number of ketones is 2. The number of Topliss-reactive ketones (excluding diaryl/α,β-unsaturated/α-hetero) is 1. The summed E-state index contributed by atoms with van der Waals surface area (Å²) >= 11 is 0. The second-order valence-electron chi connectivity index (χ2n) is 2.91. The molecule has 6 heteroatoms. The SMILES string of the molecule is O=C(C=Cc1ccco1)CC(=O)C(F)(F)F. The molecule has 0 bridgehead atoms. The van der Waals surface area contributed by atoms with Crippen molar-refractivity contribution in [2.75, 3.05) is 0 Å². The summed E-state index contributed by atoms with van der Waals surface area (Å²) in [6, 6.07) is 3.08. The molecule has 0 aliphatic rings. The molecule has 16 heavy (non-hydrogen) atoms. The first-order chi connectivity index (χ1) is 7.39. The Morgan fingerprint density at radius 3 is 2.56 bits per heavy atom. The van der Waals surface area contributed by atoms with E-state index < -0.39 is 24.2 Å². The van der Waals surface area contributed by atoms with Crippen molar-refractivity contribution in [3.05, 3.63) is 30.2 Å². The molecule has 0 atom stereocenters. The zero-order valence-electron chi connectivity index (χ0n) is 7.95. The normalized spacial score (nSPS) is 11.9. The van der Waals surface area contributed by atoms with Crippen molar-refractivity contribution in [3.8, 4) is 0 Å². The molecule has 0 amide bonds. The van der Waals surface area contributed by atoms with Gasteiger partial charge in [-0.3, -0.25) is 9.59 Å². The van der Waals surface area contributed by atoms with Gasteiger partial charge in [0.05, 0.1) is 12.7 Å². The molecule has 1 heterocycles. The summed E-state index contributed by atoms with van der Waals surface area (Å²) in [5, 5.41) is 0. The first-order valence-electron chi connectivity index (χ1n) is 4.24. The lowest BCUT2D eigenvalue weighted by atomic mass is 10.2. The van der Waals surface area contributed by atoms with Crippen molar-refractivity contribution in [1.29, 1.82) is 0 Å². The van der Waals surface area contributed by atoms with Gasteiger partial charge in [-0.2, -0.15) is 13.2 Å². The van der Waals surface area contributed by atoms with Crippen molar-refractivity contribution in [1.82, 2.24) is 0 Å². The first kappa shape index (κ1) is 12.2. The third kappa shape index (κ3) is 3.72. The van der Waals surface area contributed by atoms with Gasteiger partial charge in [-0.25, -0.2) is 0 Å². The maximum atomic E-state index is 11.8. The fourth-order valence-electron chi connectivity index (χ4n) is 0.879. The molecule has 0 unspecified atom stereocenters. The van der Waals surface area contributed by atoms with Gasteiger partial charge in [-0.15, -0.1) is 0 Å². The van der Waals surface area contributed by atoms with Gasteiger partial charge in [0.1, 0.15) is 5.76 Å². The Labute approximate surface area is 88.5 Å². The topological polar surface area (TPSA) is 47.3 Å². The number of carbonyl (C=O) groups excluding carboxylic acids is 2. The van der Waals surface area contributed by atoms with Gasteiger partial charge < -0.3 is 4.42 Å². The number of rotatable bonds is 4. The number of allylic oxidation sites excluding steroid dienone is 1. The van der Waals surface area contributed by atoms with E-state index in [0.29, 0.717) is 5.76 Å². The molecule has 0 aliphatic heterocycles. The number of hydrogen-bond donors (Lipinski definition) is 0. The Bertz CT molecular complexity index is 401. The van der Waals surface area contributed by atoms with Crippen LogP contribution in [0, 0.1) is 0 Å². The Balaban J connectivity index is 2.52. The maximum Gasteiger partial charge on any atom is 0.450 e. The summed E-state index contributed by atoms with van der Waals surface area (Å²) in [5.74, 6) is -2.65. The lowest BCUT2D eigenvalue weighted by Crippen LogP contribution is -2.24. The van der Waals surface area contributed by atoms with Crippen molar-refractivity contribution in [2.24, 2.45) is 0 Å². The molecule has 3 nitrogen and oxygen atoms in total. The van der Waals surface area contributed by atoms with Gasteiger partial charge in [0.2, 0.25) is 5.78 Å². The van der Waals surface area contributed by atoms with Gasteiger partial charge in [0.25, 0.3) is 0 Å². The highest BCUT2D eigenvalue weighted by Crippen LogP contribution is 2.18. The first-order valence-corrected chi connectivity index (χ1v) is 4.24. The highest BCUT2D eigenvalue weighted by molar-refractivity contribution is 6.07. The van der Waals surface area contributed by atoms with Gasteiger partial charge in [-0.05, 0) is 24.3 Å². The minimum atomic E-state index is -4.96. The van der Waals surface area contributed by atoms with E-state index in [-0.39, 0.29) is 0 Å². The van der Waals surface area contributed by atoms with Crippen LogP contribution in [0.4, 0.5) is 13.2 Å². The molecule has 0 radical (unpaired) electrons. The van der Waals surface area contributed by atoms with Crippen LogP contribution in [0.3, 0.4) is 0 Å². The lowest BCUT2D eigenvalue weighted by Gasteiger charge is -2.01. The molecule has 1 aromatic heterocycles. The molecule has 0 N–H and O–H groups in total. The number of hydrogen-bond acceptors (Lipinski definition) is 3. The maximum absolute atomic E-state index is 11.8. The summed E-state index contributed by atoms with van der Waals surface area (Å²) in [4.78, 5) is 21.4. The van der Waals surface area contributed by atoms with Gasteiger partial charge in [-0.1, -0.05) is 0 Å². The molecule has 0 saturated carbocycles. The van der Waals surface area contributed by atoms with E-state index in [1.165, 1.54) is 18.4 Å². The number of halogens is 3. The van der Waals surface area contributed by atoms with Gasteiger partial charge in [0.15, 0.2) is 5.78 Å². The molecule has 1 rings (SSSR count). The average molecular weight is 232 g/mol. The second kappa shape index (κ2) is 4.78. The Morgan fingerprint density at radius 1 is 1.38 bits per heavy atom. The predicted octanol–water partition coefficient (Wildman–Crippen LogP) is 2.38. The van der Waals surface area contributed by atoms with Crippen LogP contribution in [0.5, 0.6) is 0 Å². The summed E-state index contributed by atoms with van der Waals surface area (Å²) in [6.45, 7) is 0. The number of furan rings is 1. The average Bonchev–Trinajstić information content (AvgIpc) is 2.65. The lowest BCUT2D eigenvalue weighted by molar-refractivity contribution is -0.171.